The Bertz CT molecular complexity index is 750. The zero-order valence-corrected chi connectivity index (χ0v) is 14.7. The van der Waals surface area contributed by atoms with Gasteiger partial charge in [0.2, 0.25) is 0 Å². The van der Waals surface area contributed by atoms with Crippen LogP contribution in [-0.4, -0.2) is 31.1 Å². The first kappa shape index (κ1) is 17.9. The van der Waals surface area contributed by atoms with Gasteiger partial charge in [0.05, 0.1) is 6.61 Å². The van der Waals surface area contributed by atoms with Gasteiger partial charge < -0.3 is 20.1 Å². The highest BCUT2D eigenvalue weighted by Gasteiger charge is 2.23. The van der Waals surface area contributed by atoms with Gasteiger partial charge in [-0.15, -0.1) is 0 Å². The van der Waals surface area contributed by atoms with Crippen molar-refractivity contribution in [2.45, 2.75) is 25.9 Å². The van der Waals surface area contributed by atoms with Crippen LogP contribution >= 0.6 is 0 Å². The zero-order chi connectivity index (χ0) is 18.4. The van der Waals surface area contributed by atoms with Gasteiger partial charge in [-0.05, 0) is 68.3 Å². The minimum Gasteiger partial charge on any atom is -0.494 e. The molecule has 136 valence electrons. The van der Waals surface area contributed by atoms with E-state index in [0.29, 0.717) is 30.2 Å². The van der Waals surface area contributed by atoms with Gasteiger partial charge >= 0.3 is 0 Å². The van der Waals surface area contributed by atoms with Crippen LogP contribution < -0.4 is 15.4 Å². The van der Waals surface area contributed by atoms with E-state index in [1.165, 1.54) is 0 Å². The van der Waals surface area contributed by atoms with Gasteiger partial charge in [-0.2, -0.15) is 0 Å². The van der Waals surface area contributed by atoms with E-state index < -0.39 is 0 Å². The quantitative estimate of drug-likeness (QED) is 0.833. The lowest BCUT2D eigenvalue weighted by atomic mass is 10.1. The molecule has 2 amide bonds. The maximum atomic E-state index is 12.3. The monoisotopic (exact) mass is 354 g/mol. The fraction of sp³-hybridized carbons (Fsp3) is 0.300. The fourth-order valence-corrected chi connectivity index (χ4v) is 2.72. The number of rotatable bonds is 6. The van der Waals surface area contributed by atoms with Crippen molar-refractivity contribution in [1.29, 1.82) is 0 Å². The molecule has 1 aliphatic rings. The molecule has 0 aromatic heterocycles. The first-order valence-electron chi connectivity index (χ1n) is 8.72. The summed E-state index contributed by atoms with van der Waals surface area (Å²) in [6.07, 6.45) is 1.27. The van der Waals surface area contributed by atoms with Crippen molar-refractivity contribution in [2.24, 2.45) is 0 Å². The number of carbonyl (C=O) groups excluding carboxylic acids is 2. The molecule has 2 aromatic carbocycles. The summed E-state index contributed by atoms with van der Waals surface area (Å²) in [7, 11) is 0. The normalized spacial score (nSPS) is 16.1. The van der Waals surface area contributed by atoms with Crippen LogP contribution in [0.3, 0.4) is 0 Å². The molecule has 0 unspecified atom stereocenters. The van der Waals surface area contributed by atoms with Crippen molar-refractivity contribution in [3.63, 3.8) is 0 Å². The maximum Gasteiger partial charge on any atom is 0.255 e. The Kier molecular flexibility index (Phi) is 5.86. The van der Waals surface area contributed by atoms with Crippen molar-refractivity contribution in [2.75, 3.05) is 23.8 Å². The van der Waals surface area contributed by atoms with Crippen molar-refractivity contribution >= 4 is 23.2 Å². The number of benzene rings is 2. The van der Waals surface area contributed by atoms with Crippen LogP contribution in [0.4, 0.5) is 11.4 Å². The average molecular weight is 354 g/mol. The predicted molar refractivity (Wildman–Crippen MR) is 99.6 cm³/mol. The molecule has 1 heterocycles. The lowest BCUT2D eigenvalue weighted by Crippen LogP contribution is -2.26. The Morgan fingerprint density at radius 1 is 1.04 bits per heavy atom. The topological polar surface area (TPSA) is 76.7 Å². The van der Waals surface area contributed by atoms with Crippen molar-refractivity contribution in [1.82, 2.24) is 0 Å². The predicted octanol–water partition coefficient (Wildman–Crippen LogP) is 3.46. The van der Waals surface area contributed by atoms with E-state index in [2.05, 4.69) is 10.6 Å². The molecule has 1 fully saturated rings. The number of hydrogen-bond acceptors (Lipinski definition) is 4. The third-order valence-corrected chi connectivity index (χ3v) is 4.06. The van der Waals surface area contributed by atoms with E-state index in [0.717, 1.165) is 18.6 Å². The smallest absolute Gasteiger partial charge is 0.255 e. The molecule has 1 atom stereocenters. The van der Waals surface area contributed by atoms with Crippen LogP contribution in [0.1, 0.15) is 30.1 Å². The number of nitrogens with one attached hydrogen (secondary N) is 2. The van der Waals surface area contributed by atoms with Crippen LogP contribution in [0, 0.1) is 0 Å². The number of ether oxygens (including phenoxy) is 2. The van der Waals surface area contributed by atoms with Gasteiger partial charge in [0.1, 0.15) is 11.9 Å². The van der Waals surface area contributed by atoms with Gasteiger partial charge in [0.15, 0.2) is 0 Å². The highest BCUT2D eigenvalue weighted by atomic mass is 16.5. The van der Waals surface area contributed by atoms with Crippen molar-refractivity contribution in [3.05, 3.63) is 54.1 Å². The number of amides is 2. The standard InChI is InChI=1S/C20H22N2O4/c1-2-25-17-11-9-16(10-12-17)21-19(23)14-5-7-15(8-6-14)22-20(24)18-4-3-13-26-18/h5-12,18H,2-4,13H2,1H3,(H,21,23)(H,22,24)/t18-/m1/s1. The van der Waals surface area contributed by atoms with E-state index in [1.807, 2.05) is 19.1 Å². The summed E-state index contributed by atoms with van der Waals surface area (Å²) >= 11 is 0. The molecule has 0 aliphatic carbocycles. The molecule has 1 aliphatic heterocycles. The maximum absolute atomic E-state index is 12.3. The summed E-state index contributed by atoms with van der Waals surface area (Å²) in [5.74, 6) is 0.400. The first-order valence-corrected chi connectivity index (χ1v) is 8.72. The third-order valence-electron chi connectivity index (χ3n) is 4.06. The fourth-order valence-electron chi connectivity index (χ4n) is 2.72. The van der Waals surface area contributed by atoms with Crippen LogP contribution in [0.2, 0.25) is 0 Å². The van der Waals surface area contributed by atoms with Gasteiger partial charge in [0, 0.05) is 23.5 Å². The summed E-state index contributed by atoms with van der Waals surface area (Å²) in [6, 6.07) is 14.0. The van der Waals surface area contributed by atoms with Gasteiger partial charge in [-0.3, -0.25) is 9.59 Å². The SMILES string of the molecule is CCOc1ccc(NC(=O)c2ccc(NC(=O)[C@H]3CCCO3)cc2)cc1. The van der Waals surface area contributed by atoms with Gasteiger partial charge in [0.25, 0.3) is 11.8 Å². The Labute approximate surface area is 152 Å². The molecule has 2 aromatic rings. The number of anilines is 2. The lowest BCUT2D eigenvalue weighted by molar-refractivity contribution is -0.124. The second-order valence-electron chi connectivity index (χ2n) is 5.98. The molecule has 6 nitrogen and oxygen atoms in total. The molecule has 0 saturated carbocycles. The number of hydrogen-bond donors (Lipinski definition) is 2. The van der Waals surface area contributed by atoms with Crippen LogP contribution in [0.15, 0.2) is 48.5 Å². The second kappa shape index (κ2) is 8.49. The van der Waals surface area contributed by atoms with E-state index >= 15 is 0 Å². The van der Waals surface area contributed by atoms with Crippen LogP contribution in [-0.2, 0) is 9.53 Å². The molecule has 0 spiro atoms. The largest absolute Gasteiger partial charge is 0.494 e. The lowest BCUT2D eigenvalue weighted by Gasteiger charge is -2.11. The molecule has 0 radical (unpaired) electrons. The van der Waals surface area contributed by atoms with Gasteiger partial charge in [-0.25, -0.2) is 0 Å². The van der Waals surface area contributed by atoms with E-state index in [1.54, 1.807) is 36.4 Å². The summed E-state index contributed by atoms with van der Waals surface area (Å²) in [4.78, 5) is 24.3. The highest BCUT2D eigenvalue weighted by Crippen LogP contribution is 2.18. The Balaban J connectivity index is 1.57. The van der Waals surface area contributed by atoms with Gasteiger partial charge in [-0.1, -0.05) is 0 Å². The molecule has 3 rings (SSSR count). The number of carbonyl (C=O) groups is 2. The molecule has 1 saturated heterocycles. The molecule has 2 N–H and O–H groups in total. The van der Waals surface area contributed by atoms with E-state index in [9.17, 15) is 9.59 Å². The molecule has 6 heteroatoms. The summed E-state index contributed by atoms with van der Waals surface area (Å²) < 4.78 is 10.7. The van der Waals surface area contributed by atoms with Crippen LogP contribution in [0.25, 0.3) is 0 Å². The Morgan fingerprint density at radius 3 is 2.31 bits per heavy atom. The molecular formula is C20H22N2O4. The Morgan fingerprint density at radius 2 is 1.69 bits per heavy atom. The van der Waals surface area contributed by atoms with Crippen molar-refractivity contribution in [3.8, 4) is 5.75 Å². The zero-order valence-electron chi connectivity index (χ0n) is 14.7. The molecule has 26 heavy (non-hydrogen) atoms. The first-order chi connectivity index (χ1) is 12.7. The summed E-state index contributed by atoms with van der Waals surface area (Å²) in [5, 5.41) is 5.64. The minimum absolute atomic E-state index is 0.144. The molecule has 0 bridgehead atoms. The molecular weight excluding hydrogens is 332 g/mol. The van der Waals surface area contributed by atoms with Crippen molar-refractivity contribution < 1.29 is 19.1 Å². The van der Waals surface area contributed by atoms with E-state index in [-0.39, 0.29) is 17.9 Å². The summed E-state index contributed by atoms with van der Waals surface area (Å²) in [6.45, 7) is 3.15. The minimum atomic E-state index is -0.377. The second-order valence-corrected chi connectivity index (χ2v) is 5.98. The summed E-state index contributed by atoms with van der Waals surface area (Å²) in [5.41, 5.74) is 1.84. The third kappa shape index (κ3) is 4.61. The van der Waals surface area contributed by atoms with Crippen LogP contribution in [0.5, 0.6) is 5.75 Å². The Hall–Kier alpha value is -2.86. The average Bonchev–Trinajstić information content (AvgIpc) is 3.19. The van der Waals surface area contributed by atoms with E-state index in [4.69, 9.17) is 9.47 Å². The highest BCUT2D eigenvalue weighted by molar-refractivity contribution is 6.04.